The van der Waals surface area contributed by atoms with Gasteiger partial charge in [-0.15, -0.1) is 0 Å². The van der Waals surface area contributed by atoms with Crippen LogP contribution in [-0.2, 0) is 0 Å². The number of carbonyl (C=O) groups is 1. The first-order valence-electron chi connectivity index (χ1n) is 9.52. The first kappa shape index (κ1) is 17.2. The second kappa shape index (κ2) is 6.91. The summed E-state index contributed by atoms with van der Waals surface area (Å²) in [6, 6.07) is 25.7. The predicted octanol–water partition coefficient (Wildman–Crippen LogP) is 5.72. The molecule has 140 valence electrons. The van der Waals surface area contributed by atoms with Crippen LogP contribution in [0.25, 0.3) is 27.7 Å². The molecule has 0 unspecified atom stereocenters. The summed E-state index contributed by atoms with van der Waals surface area (Å²) in [4.78, 5) is 17.5. The van der Waals surface area contributed by atoms with Crippen molar-refractivity contribution in [2.75, 3.05) is 5.32 Å². The number of rotatable bonds is 3. The molecule has 1 amide bonds. The molecule has 4 nitrogen and oxygen atoms in total. The Balaban J connectivity index is 1.47. The highest BCUT2D eigenvalue weighted by molar-refractivity contribution is 6.07. The molecule has 0 atom stereocenters. The number of carbonyl (C=O) groups excluding carboxylic acids is 1. The number of hydrogen-bond acceptors (Lipinski definition) is 2. The maximum Gasteiger partial charge on any atom is 0.255 e. The number of fused-ring (bicyclic) bond motifs is 2. The highest BCUT2D eigenvalue weighted by Crippen LogP contribution is 2.26. The molecule has 1 N–H and O–H groups in total. The number of benzene rings is 3. The van der Waals surface area contributed by atoms with Crippen LogP contribution in [0.2, 0.25) is 0 Å². The van der Waals surface area contributed by atoms with Crippen molar-refractivity contribution in [3.05, 3.63) is 102 Å². The lowest BCUT2D eigenvalue weighted by molar-refractivity contribution is 0.102. The summed E-state index contributed by atoms with van der Waals surface area (Å²) in [7, 11) is 0. The molecule has 0 aliphatic carbocycles. The number of nitrogens with one attached hydrogen (secondary N) is 1. The van der Waals surface area contributed by atoms with E-state index < -0.39 is 0 Å². The molecule has 2 aromatic heterocycles. The lowest BCUT2D eigenvalue weighted by Crippen LogP contribution is -2.12. The fourth-order valence-corrected chi connectivity index (χ4v) is 3.51. The summed E-state index contributed by atoms with van der Waals surface area (Å²) in [5.41, 5.74) is 5.17. The molecule has 0 radical (unpaired) electrons. The largest absolute Gasteiger partial charge is 0.322 e. The number of aryl methyl sites for hydroxylation is 1. The minimum Gasteiger partial charge on any atom is -0.322 e. The minimum absolute atomic E-state index is 0.119. The van der Waals surface area contributed by atoms with E-state index in [1.165, 1.54) is 0 Å². The van der Waals surface area contributed by atoms with Gasteiger partial charge in [-0.3, -0.25) is 4.79 Å². The van der Waals surface area contributed by atoms with E-state index in [4.69, 9.17) is 0 Å². The molecule has 5 rings (SSSR count). The zero-order valence-corrected chi connectivity index (χ0v) is 16.0. The molecule has 0 fully saturated rings. The van der Waals surface area contributed by atoms with E-state index in [2.05, 4.69) is 10.3 Å². The van der Waals surface area contributed by atoms with E-state index in [-0.39, 0.29) is 5.91 Å². The second-order valence-electron chi connectivity index (χ2n) is 7.14. The van der Waals surface area contributed by atoms with Crippen LogP contribution >= 0.6 is 0 Å². The topological polar surface area (TPSA) is 46.4 Å². The monoisotopic (exact) mass is 377 g/mol. The number of pyridine rings is 1. The molecule has 0 aliphatic rings. The number of nitrogens with zero attached hydrogens (tertiary/aromatic N) is 2. The van der Waals surface area contributed by atoms with Gasteiger partial charge in [-0.1, -0.05) is 48.5 Å². The Hall–Kier alpha value is -3.92. The van der Waals surface area contributed by atoms with E-state index in [0.717, 1.165) is 38.9 Å². The number of aromatic nitrogens is 2. The van der Waals surface area contributed by atoms with Gasteiger partial charge < -0.3 is 9.72 Å². The summed E-state index contributed by atoms with van der Waals surface area (Å²) < 4.78 is 1.99. The van der Waals surface area contributed by atoms with Crippen LogP contribution < -0.4 is 5.32 Å². The van der Waals surface area contributed by atoms with Crippen LogP contribution in [0.3, 0.4) is 0 Å². The van der Waals surface area contributed by atoms with Gasteiger partial charge in [-0.25, -0.2) is 4.98 Å². The van der Waals surface area contributed by atoms with Crippen LogP contribution in [0.1, 0.15) is 15.9 Å². The average molecular weight is 377 g/mol. The average Bonchev–Trinajstić information content (AvgIpc) is 3.19. The smallest absolute Gasteiger partial charge is 0.255 e. The van der Waals surface area contributed by atoms with Crippen molar-refractivity contribution in [1.29, 1.82) is 0 Å². The first-order valence-corrected chi connectivity index (χ1v) is 9.52. The number of amides is 1. The second-order valence-corrected chi connectivity index (χ2v) is 7.14. The molecule has 0 spiro atoms. The van der Waals surface area contributed by atoms with Crippen LogP contribution in [0.5, 0.6) is 0 Å². The quantitative estimate of drug-likeness (QED) is 0.437. The van der Waals surface area contributed by atoms with E-state index in [1.807, 2.05) is 103 Å². The third-order valence-electron chi connectivity index (χ3n) is 5.16. The van der Waals surface area contributed by atoms with E-state index >= 15 is 0 Å². The zero-order chi connectivity index (χ0) is 19.8. The van der Waals surface area contributed by atoms with Gasteiger partial charge in [0.1, 0.15) is 5.65 Å². The van der Waals surface area contributed by atoms with Crippen molar-refractivity contribution in [2.45, 2.75) is 6.92 Å². The normalized spacial score (nSPS) is 11.1. The molecule has 5 aromatic rings. The van der Waals surface area contributed by atoms with Gasteiger partial charge in [-0.2, -0.15) is 0 Å². The fraction of sp³-hybridized carbons (Fsp3) is 0.0400. The molecule has 4 heteroatoms. The summed E-state index contributed by atoms with van der Waals surface area (Å²) in [5.74, 6) is -0.119. The van der Waals surface area contributed by atoms with Crippen LogP contribution in [0.4, 0.5) is 5.69 Å². The summed E-state index contributed by atoms with van der Waals surface area (Å²) in [6.45, 7) is 1.99. The fourth-order valence-electron chi connectivity index (χ4n) is 3.51. The summed E-state index contributed by atoms with van der Waals surface area (Å²) in [6.07, 6.45) is 3.97. The van der Waals surface area contributed by atoms with Crippen molar-refractivity contribution in [2.24, 2.45) is 0 Å². The lowest BCUT2D eigenvalue weighted by Gasteiger charge is -2.10. The Labute approximate surface area is 168 Å². The standard InChI is InChI=1S/C25H19N3O/c1-17-9-10-20(23-16-28-13-5-4-8-24(28)26-23)15-22(17)27-25(29)21-12-11-18-6-2-3-7-19(18)14-21/h2-16H,1H3,(H,27,29). The van der Waals surface area contributed by atoms with Gasteiger partial charge in [0.2, 0.25) is 0 Å². The molecule has 0 saturated carbocycles. The first-order chi connectivity index (χ1) is 14.2. The van der Waals surface area contributed by atoms with Gasteiger partial charge >= 0.3 is 0 Å². The highest BCUT2D eigenvalue weighted by atomic mass is 16.1. The van der Waals surface area contributed by atoms with E-state index in [0.29, 0.717) is 5.56 Å². The Morgan fingerprint density at radius 3 is 2.59 bits per heavy atom. The van der Waals surface area contributed by atoms with Crippen molar-refractivity contribution < 1.29 is 4.79 Å². The molecular weight excluding hydrogens is 358 g/mol. The van der Waals surface area contributed by atoms with Crippen LogP contribution in [0.15, 0.2) is 91.3 Å². The van der Waals surface area contributed by atoms with Crippen molar-refractivity contribution in [3.8, 4) is 11.3 Å². The Bertz CT molecular complexity index is 1330. The third-order valence-corrected chi connectivity index (χ3v) is 5.16. The Kier molecular flexibility index (Phi) is 4.10. The van der Waals surface area contributed by atoms with Crippen molar-refractivity contribution >= 4 is 28.0 Å². The number of anilines is 1. The number of imidazole rings is 1. The molecule has 0 saturated heterocycles. The summed E-state index contributed by atoms with van der Waals surface area (Å²) in [5, 5.41) is 5.23. The molecular formula is C25H19N3O. The van der Waals surface area contributed by atoms with Crippen molar-refractivity contribution in [1.82, 2.24) is 9.38 Å². The molecule has 29 heavy (non-hydrogen) atoms. The van der Waals surface area contributed by atoms with Crippen LogP contribution in [0, 0.1) is 6.92 Å². The van der Waals surface area contributed by atoms with E-state index in [9.17, 15) is 4.79 Å². The van der Waals surface area contributed by atoms with Gasteiger partial charge in [-0.05, 0) is 53.6 Å². The van der Waals surface area contributed by atoms with Gasteiger partial charge in [0.05, 0.1) is 5.69 Å². The molecule has 2 heterocycles. The number of hydrogen-bond donors (Lipinski definition) is 1. The zero-order valence-electron chi connectivity index (χ0n) is 16.0. The SMILES string of the molecule is Cc1ccc(-c2cn3ccccc3n2)cc1NC(=O)c1ccc2ccccc2c1. The third kappa shape index (κ3) is 3.25. The predicted molar refractivity (Wildman–Crippen MR) is 117 cm³/mol. The maximum absolute atomic E-state index is 12.9. The van der Waals surface area contributed by atoms with E-state index in [1.54, 1.807) is 0 Å². The Morgan fingerprint density at radius 1 is 0.897 bits per heavy atom. The highest BCUT2D eigenvalue weighted by Gasteiger charge is 2.11. The summed E-state index contributed by atoms with van der Waals surface area (Å²) >= 11 is 0. The Morgan fingerprint density at radius 2 is 1.72 bits per heavy atom. The maximum atomic E-state index is 12.9. The van der Waals surface area contributed by atoms with Gasteiger partial charge in [0.25, 0.3) is 5.91 Å². The molecule has 0 bridgehead atoms. The molecule has 0 aliphatic heterocycles. The van der Waals surface area contributed by atoms with Gasteiger partial charge in [0, 0.05) is 29.2 Å². The van der Waals surface area contributed by atoms with Crippen LogP contribution in [-0.4, -0.2) is 15.3 Å². The lowest BCUT2D eigenvalue weighted by atomic mass is 10.1. The van der Waals surface area contributed by atoms with Crippen molar-refractivity contribution in [3.63, 3.8) is 0 Å². The molecule has 3 aromatic carbocycles. The van der Waals surface area contributed by atoms with Gasteiger partial charge in [0.15, 0.2) is 0 Å². The minimum atomic E-state index is -0.119.